The number of benzene rings is 1. The highest BCUT2D eigenvalue weighted by molar-refractivity contribution is 5.67. The Morgan fingerprint density at radius 2 is 1.88 bits per heavy atom. The van der Waals surface area contributed by atoms with Gasteiger partial charge in [-0.15, -0.1) is 0 Å². The first-order valence-corrected chi connectivity index (χ1v) is 10.2. The Morgan fingerprint density at radius 3 is 2.47 bits per heavy atom. The molecule has 0 saturated heterocycles. The van der Waals surface area contributed by atoms with Gasteiger partial charge in [-0.25, -0.2) is 23.4 Å². The van der Waals surface area contributed by atoms with Gasteiger partial charge in [-0.1, -0.05) is 26.8 Å². The van der Waals surface area contributed by atoms with Gasteiger partial charge in [0.15, 0.2) is 0 Å². The highest BCUT2D eigenvalue weighted by atomic mass is 19.1. The van der Waals surface area contributed by atoms with Crippen molar-refractivity contribution in [1.29, 1.82) is 0 Å². The minimum Gasteiger partial charge on any atom is -0.401 e. The summed E-state index contributed by atoms with van der Waals surface area (Å²) in [5.74, 6) is -1.56. The van der Waals surface area contributed by atoms with Crippen molar-refractivity contribution in [1.82, 2.24) is 19.7 Å². The number of aromatic nitrogens is 4. The van der Waals surface area contributed by atoms with E-state index >= 15 is 0 Å². The van der Waals surface area contributed by atoms with Crippen LogP contribution < -0.4 is 17.0 Å². The number of H-pyrrole nitrogens is 1. The topological polar surface area (TPSA) is 116 Å². The molecule has 2 atom stereocenters. The highest BCUT2D eigenvalue weighted by Crippen LogP contribution is 2.29. The van der Waals surface area contributed by atoms with E-state index < -0.39 is 11.6 Å². The molecule has 0 amide bonds. The van der Waals surface area contributed by atoms with E-state index in [0.717, 1.165) is 18.6 Å². The summed E-state index contributed by atoms with van der Waals surface area (Å²) < 4.78 is 29.8. The third kappa shape index (κ3) is 4.77. The number of hydrogen-bond donors (Lipinski definition) is 3. The molecule has 9 heteroatoms. The Bertz CT molecular complexity index is 1210. The average Bonchev–Trinajstić information content (AvgIpc) is 3.22. The smallest absolute Gasteiger partial charge is 0.264 e. The van der Waals surface area contributed by atoms with Crippen molar-refractivity contribution >= 4 is 5.70 Å². The minimum absolute atomic E-state index is 0.0204. The predicted molar refractivity (Wildman–Crippen MR) is 120 cm³/mol. The predicted octanol–water partition coefficient (Wildman–Crippen LogP) is 3.60. The second-order valence-corrected chi connectivity index (χ2v) is 7.58. The Balaban J connectivity index is 2.05. The van der Waals surface area contributed by atoms with Crippen LogP contribution >= 0.6 is 0 Å². The minimum atomic E-state index is -0.741. The maximum absolute atomic E-state index is 14.2. The van der Waals surface area contributed by atoms with Crippen molar-refractivity contribution in [2.75, 3.05) is 0 Å². The standard InChI is InChI=1S/C23H26F2N6O/c1-4-13(2)15(12-18(26)21-16(24)6-5-7-17(21)25)22(27)14(3)19-8-10-28-23(29-19)31-11-9-20(32)30-31/h5-14H,4,26-27H2,1-3H3,(H,30,32)/b18-12-,22-15+/t13-,14?/m1/s1. The fraction of sp³-hybridized carbons (Fsp3) is 0.261. The molecule has 32 heavy (non-hydrogen) atoms. The molecule has 1 aromatic carbocycles. The molecule has 5 N–H and O–H groups in total. The van der Waals surface area contributed by atoms with Gasteiger partial charge in [-0.3, -0.25) is 9.89 Å². The van der Waals surface area contributed by atoms with Crippen molar-refractivity contribution in [2.24, 2.45) is 17.4 Å². The number of aromatic amines is 1. The Hall–Kier alpha value is -3.75. The number of nitrogens with two attached hydrogens (primary N) is 2. The normalized spacial score (nSPS) is 14.7. The summed E-state index contributed by atoms with van der Waals surface area (Å²) in [6.45, 7) is 5.82. The van der Waals surface area contributed by atoms with Gasteiger partial charge in [0.05, 0.1) is 11.3 Å². The number of rotatable bonds is 7. The van der Waals surface area contributed by atoms with E-state index in [4.69, 9.17) is 11.5 Å². The van der Waals surface area contributed by atoms with Gasteiger partial charge in [-0.2, -0.15) is 0 Å². The van der Waals surface area contributed by atoms with Crippen LogP contribution in [0.15, 0.2) is 64.9 Å². The van der Waals surface area contributed by atoms with E-state index in [0.29, 0.717) is 17.0 Å². The second-order valence-electron chi connectivity index (χ2n) is 7.58. The third-order valence-electron chi connectivity index (χ3n) is 5.43. The lowest BCUT2D eigenvalue weighted by atomic mass is 9.89. The van der Waals surface area contributed by atoms with Gasteiger partial charge >= 0.3 is 0 Å². The van der Waals surface area contributed by atoms with E-state index in [1.54, 1.807) is 12.3 Å². The van der Waals surface area contributed by atoms with Crippen molar-refractivity contribution in [3.05, 3.63) is 93.3 Å². The van der Waals surface area contributed by atoms with Crippen LogP contribution in [-0.2, 0) is 0 Å². The van der Waals surface area contributed by atoms with Crippen molar-refractivity contribution in [3.8, 4) is 5.95 Å². The lowest BCUT2D eigenvalue weighted by Gasteiger charge is -2.20. The van der Waals surface area contributed by atoms with Crippen LogP contribution in [-0.4, -0.2) is 19.7 Å². The molecular formula is C23H26F2N6O. The van der Waals surface area contributed by atoms with Crippen LogP contribution in [0.2, 0.25) is 0 Å². The lowest BCUT2D eigenvalue weighted by Crippen LogP contribution is -2.17. The Morgan fingerprint density at radius 1 is 1.19 bits per heavy atom. The monoisotopic (exact) mass is 440 g/mol. The van der Waals surface area contributed by atoms with Crippen molar-refractivity contribution in [2.45, 2.75) is 33.1 Å². The summed E-state index contributed by atoms with van der Waals surface area (Å²) in [6.07, 6.45) is 5.38. The molecule has 1 unspecified atom stereocenters. The van der Waals surface area contributed by atoms with Gasteiger partial charge in [0, 0.05) is 35.8 Å². The van der Waals surface area contributed by atoms with E-state index in [1.165, 1.54) is 29.1 Å². The van der Waals surface area contributed by atoms with Crippen LogP contribution in [0.25, 0.3) is 11.6 Å². The zero-order chi connectivity index (χ0) is 23.4. The van der Waals surface area contributed by atoms with Gasteiger partial charge in [0.25, 0.3) is 5.56 Å². The number of allylic oxidation sites excluding steroid dienone is 3. The molecule has 0 radical (unpaired) electrons. The van der Waals surface area contributed by atoms with E-state index in [2.05, 4.69) is 15.1 Å². The van der Waals surface area contributed by atoms with Gasteiger partial charge < -0.3 is 11.5 Å². The van der Waals surface area contributed by atoms with Crippen molar-refractivity contribution in [3.63, 3.8) is 0 Å². The van der Waals surface area contributed by atoms with Crippen LogP contribution in [0.1, 0.15) is 44.4 Å². The molecule has 3 aromatic rings. The molecule has 0 spiro atoms. The van der Waals surface area contributed by atoms with Crippen LogP contribution in [0, 0.1) is 17.6 Å². The molecule has 2 heterocycles. The number of hydrogen-bond acceptors (Lipinski definition) is 5. The van der Waals surface area contributed by atoms with Gasteiger partial charge in [0.2, 0.25) is 5.95 Å². The van der Waals surface area contributed by atoms with E-state index in [-0.39, 0.29) is 34.6 Å². The fourth-order valence-corrected chi connectivity index (χ4v) is 3.32. The molecule has 3 rings (SSSR count). The fourth-order valence-electron chi connectivity index (χ4n) is 3.32. The van der Waals surface area contributed by atoms with Crippen molar-refractivity contribution < 1.29 is 8.78 Å². The lowest BCUT2D eigenvalue weighted by molar-refractivity contribution is 0.576. The molecule has 7 nitrogen and oxygen atoms in total. The highest BCUT2D eigenvalue weighted by Gasteiger charge is 2.20. The summed E-state index contributed by atoms with van der Waals surface area (Å²) in [5, 5.41) is 2.59. The van der Waals surface area contributed by atoms with Crippen LogP contribution in [0.5, 0.6) is 0 Å². The van der Waals surface area contributed by atoms with Gasteiger partial charge in [-0.05, 0) is 42.2 Å². The zero-order valence-electron chi connectivity index (χ0n) is 18.1. The molecule has 0 bridgehead atoms. The summed E-state index contributed by atoms with van der Waals surface area (Å²) in [4.78, 5) is 20.1. The average molecular weight is 440 g/mol. The maximum Gasteiger partial charge on any atom is 0.264 e. The Kier molecular flexibility index (Phi) is 6.87. The summed E-state index contributed by atoms with van der Waals surface area (Å²) in [7, 11) is 0. The summed E-state index contributed by atoms with van der Waals surface area (Å²) in [6, 6.07) is 6.69. The molecule has 0 aliphatic heterocycles. The summed E-state index contributed by atoms with van der Waals surface area (Å²) in [5.41, 5.74) is 13.8. The Labute approximate surface area is 184 Å². The summed E-state index contributed by atoms with van der Waals surface area (Å²) >= 11 is 0. The van der Waals surface area contributed by atoms with E-state index in [9.17, 15) is 13.6 Å². The largest absolute Gasteiger partial charge is 0.401 e. The van der Waals surface area contributed by atoms with Crippen LogP contribution in [0.3, 0.4) is 0 Å². The number of nitrogens with zero attached hydrogens (tertiary/aromatic N) is 3. The molecule has 0 aliphatic rings. The van der Waals surface area contributed by atoms with Gasteiger partial charge in [0.1, 0.15) is 11.6 Å². The SMILES string of the molecule is CC[C@@H](C)C(/C=C(\N)c1c(F)cccc1F)=C(/N)C(C)c1ccnc(-n2ccc(=O)[nH]2)n1. The quantitative estimate of drug-likeness (QED) is 0.486. The zero-order valence-corrected chi connectivity index (χ0v) is 18.1. The molecule has 0 aliphatic carbocycles. The molecule has 2 aromatic heterocycles. The molecule has 0 saturated carbocycles. The second kappa shape index (κ2) is 9.59. The van der Waals surface area contributed by atoms with E-state index in [1.807, 2.05) is 20.8 Å². The molecule has 168 valence electrons. The number of halogens is 2. The van der Waals surface area contributed by atoms with Crippen LogP contribution in [0.4, 0.5) is 8.78 Å². The first kappa shape index (κ1) is 22.9. The third-order valence-corrected chi connectivity index (χ3v) is 5.43. The first-order chi connectivity index (χ1) is 15.2. The maximum atomic E-state index is 14.2. The molecule has 0 fully saturated rings. The molecular weight excluding hydrogens is 414 g/mol. The number of nitrogens with one attached hydrogen (secondary N) is 1. The first-order valence-electron chi connectivity index (χ1n) is 10.2.